The van der Waals surface area contributed by atoms with Crippen LogP contribution in [0.3, 0.4) is 0 Å². The first kappa shape index (κ1) is 8.41. The second-order valence-electron chi connectivity index (χ2n) is 3.35. The Bertz CT molecular complexity index is 319. The Hall–Kier alpha value is -1.19. The van der Waals surface area contributed by atoms with Crippen molar-refractivity contribution in [1.82, 2.24) is 14.8 Å². The number of carbonyl (C=O) groups is 1. The average molecular weight is 179 g/mol. The van der Waals surface area contributed by atoms with Crippen LogP contribution in [0.4, 0.5) is 0 Å². The third-order valence-corrected chi connectivity index (χ3v) is 2.44. The fourth-order valence-corrected chi connectivity index (χ4v) is 1.71. The van der Waals surface area contributed by atoms with Crippen molar-refractivity contribution in [2.45, 2.75) is 38.6 Å². The zero-order valence-corrected chi connectivity index (χ0v) is 7.73. The molecule has 0 bridgehead atoms. The highest BCUT2D eigenvalue weighted by molar-refractivity contribution is 5.60. The first-order valence-corrected chi connectivity index (χ1v) is 4.74. The average Bonchev–Trinajstić information content (AvgIpc) is 2.59. The SMILES string of the molecule is CCc1nc2n(n1)CCCC2C=O. The van der Waals surface area contributed by atoms with Gasteiger partial charge in [-0.1, -0.05) is 6.92 Å². The number of fused-ring (bicyclic) bond motifs is 1. The molecule has 0 saturated carbocycles. The Morgan fingerprint density at radius 2 is 2.54 bits per heavy atom. The number of carbonyl (C=O) groups excluding carboxylic acids is 1. The van der Waals surface area contributed by atoms with E-state index in [0.29, 0.717) is 0 Å². The van der Waals surface area contributed by atoms with E-state index >= 15 is 0 Å². The Morgan fingerprint density at radius 1 is 1.69 bits per heavy atom. The number of aldehydes is 1. The van der Waals surface area contributed by atoms with Crippen molar-refractivity contribution in [2.24, 2.45) is 0 Å². The molecule has 4 nitrogen and oxygen atoms in total. The normalized spacial score (nSPS) is 21.2. The van der Waals surface area contributed by atoms with E-state index in [9.17, 15) is 4.79 Å². The van der Waals surface area contributed by atoms with Crippen molar-refractivity contribution in [1.29, 1.82) is 0 Å². The van der Waals surface area contributed by atoms with Gasteiger partial charge in [0, 0.05) is 13.0 Å². The predicted molar refractivity (Wildman–Crippen MR) is 47.4 cm³/mol. The lowest BCUT2D eigenvalue weighted by Gasteiger charge is -2.16. The molecule has 1 atom stereocenters. The molecule has 0 spiro atoms. The molecule has 0 aromatic carbocycles. The summed E-state index contributed by atoms with van der Waals surface area (Å²) in [6.45, 7) is 2.93. The quantitative estimate of drug-likeness (QED) is 0.634. The fraction of sp³-hybridized carbons (Fsp3) is 0.667. The molecule has 1 aliphatic rings. The van der Waals surface area contributed by atoms with E-state index < -0.39 is 0 Å². The minimum atomic E-state index is -0.0263. The van der Waals surface area contributed by atoms with Gasteiger partial charge in [-0.25, -0.2) is 9.67 Å². The summed E-state index contributed by atoms with van der Waals surface area (Å²) in [4.78, 5) is 15.1. The van der Waals surface area contributed by atoms with Gasteiger partial charge in [0.05, 0.1) is 5.92 Å². The molecule has 13 heavy (non-hydrogen) atoms. The van der Waals surface area contributed by atoms with Crippen molar-refractivity contribution >= 4 is 6.29 Å². The van der Waals surface area contributed by atoms with Crippen LogP contribution in [0.1, 0.15) is 37.3 Å². The molecule has 0 radical (unpaired) electrons. The van der Waals surface area contributed by atoms with E-state index in [2.05, 4.69) is 10.1 Å². The van der Waals surface area contributed by atoms with Crippen LogP contribution in [-0.2, 0) is 17.8 Å². The molecule has 1 unspecified atom stereocenters. The zero-order chi connectivity index (χ0) is 9.26. The summed E-state index contributed by atoms with van der Waals surface area (Å²) in [5.74, 6) is 1.68. The largest absolute Gasteiger partial charge is 0.303 e. The molecule has 0 amide bonds. The van der Waals surface area contributed by atoms with Crippen LogP contribution in [0.25, 0.3) is 0 Å². The number of hydrogen-bond acceptors (Lipinski definition) is 3. The van der Waals surface area contributed by atoms with Gasteiger partial charge in [0.15, 0.2) is 5.82 Å². The van der Waals surface area contributed by atoms with Gasteiger partial charge in [-0.05, 0) is 12.8 Å². The van der Waals surface area contributed by atoms with E-state index in [1.54, 1.807) is 0 Å². The number of nitrogens with zero attached hydrogens (tertiary/aromatic N) is 3. The van der Waals surface area contributed by atoms with Gasteiger partial charge >= 0.3 is 0 Å². The number of rotatable bonds is 2. The molecule has 0 fully saturated rings. The summed E-state index contributed by atoms with van der Waals surface area (Å²) in [5.41, 5.74) is 0. The highest BCUT2D eigenvalue weighted by Gasteiger charge is 2.22. The minimum absolute atomic E-state index is 0.0263. The summed E-state index contributed by atoms with van der Waals surface area (Å²) < 4.78 is 1.88. The van der Waals surface area contributed by atoms with Crippen molar-refractivity contribution in [3.63, 3.8) is 0 Å². The van der Waals surface area contributed by atoms with Gasteiger partial charge in [0.25, 0.3) is 0 Å². The van der Waals surface area contributed by atoms with Crippen molar-refractivity contribution < 1.29 is 4.79 Å². The van der Waals surface area contributed by atoms with Gasteiger partial charge in [-0.3, -0.25) is 0 Å². The predicted octanol–water partition coefficient (Wildman–Crippen LogP) is 0.917. The van der Waals surface area contributed by atoms with E-state index in [-0.39, 0.29) is 5.92 Å². The highest BCUT2D eigenvalue weighted by atomic mass is 16.1. The standard InChI is InChI=1S/C9H13N3O/c1-2-8-10-9-7(6-13)4-3-5-12(9)11-8/h6-7H,2-5H2,1H3. The van der Waals surface area contributed by atoms with Crippen molar-refractivity contribution in [3.8, 4) is 0 Å². The minimum Gasteiger partial charge on any atom is -0.303 e. The van der Waals surface area contributed by atoms with Gasteiger partial charge < -0.3 is 4.79 Å². The van der Waals surface area contributed by atoms with Gasteiger partial charge in [-0.15, -0.1) is 0 Å². The lowest BCUT2D eigenvalue weighted by Crippen LogP contribution is -2.17. The van der Waals surface area contributed by atoms with Crippen LogP contribution >= 0.6 is 0 Å². The Morgan fingerprint density at radius 3 is 3.23 bits per heavy atom. The van der Waals surface area contributed by atoms with Gasteiger partial charge in [0.1, 0.15) is 12.1 Å². The molecular weight excluding hydrogens is 166 g/mol. The topological polar surface area (TPSA) is 47.8 Å². The fourth-order valence-electron chi connectivity index (χ4n) is 1.71. The lowest BCUT2D eigenvalue weighted by molar-refractivity contribution is -0.109. The van der Waals surface area contributed by atoms with Crippen molar-refractivity contribution in [2.75, 3.05) is 0 Å². The summed E-state index contributed by atoms with van der Waals surface area (Å²) in [5, 5.41) is 4.31. The molecule has 2 rings (SSSR count). The molecule has 70 valence electrons. The maximum absolute atomic E-state index is 10.7. The van der Waals surface area contributed by atoms with E-state index in [4.69, 9.17) is 0 Å². The van der Waals surface area contributed by atoms with E-state index in [1.165, 1.54) is 0 Å². The Balaban J connectivity index is 2.37. The maximum Gasteiger partial charge on any atom is 0.150 e. The van der Waals surface area contributed by atoms with Crippen LogP contribution in [0, 0.1) is 0 Å². The summed E-state index contributed by atoms with van der Waals surface area (Å²) in [6, 6.07) is 0. The molecular formula is C9H13N3O. The van der Waals surface area contributed by atoms with E-state index in [0.717, 1.165) is 43.7 Å². The second-order valence-corrected chi connectivity index (χ2v) is 3.35. The Kier molecular flexibility index (Phi) is 2.12. The van der Waals surface area contributed by atoms with Crippen LogP contribution in [0.5, 0.6) is 0 Å². The first-order valence-electron chi connectivity index (χ1n) is 4.74. The highest BCUT2D eigenvalue weighted by Crippen LogP contribution is 2.23. The first-order chi connectivity index (χ1) is 6.35. The van der Waals surface area contributed by atoms with Crippen LogP contribution < -0.4 is 0 Å². The molecule has 1 aromatic heterocycles. The van der Waals surface area contributed by atoms with Gasteiger partial charge in [-0.2, -0.15) is 5.10 Å². The lowest BCUT2D eigenvalue weighted by atomic mass is 10.0. The third kappa shape index (κ3) is 1.36. The third-order valence-electron chi connectivity index (χ3n) is 2.44. The molecule has 0 saturated heterocycles. The van der Waals surface area contributed by atoms with Gasteiger partial charge in [0.2, 0.25) is 0 Å². The molecule has 4 heteroatoms. The molecule has 1 aliphatic heterocycles. The van der Waals surface area contributed by atoms with Crippen molar-refractivity contribution in [3.05, 3.63) is 11.6 Å². The molecule has 2 heterocycles. The number of aromatic nitrogens is 3. The summed E-state index contributed by atoms with van der Waals surface area (Å²) >= 11 is 0. The maximum atomic E-state index is 10.7. The number of hydrogen-bond donors (Lipinski definition) is 0. The second kappa shape index (κ2) is 3.28. The molecule has 0 N–H and O–H groups in total. The molecule has 0 aliphatic carbocycles. The Labute approximate surface area is 77.0 Å². The smallest absolute Gasteiger partial charge is 0.150 e. The molecule has 1 aromatic rings. The zero-order valence-electron chi connectivity index (χ0n) is 7.73. The number of aryl methyl sites for hydroxylation is 2. The van der Waals surface area contributed by atoms with Crippen LogP contribution in [0.2, 0.25) is 0 Å². The van der Waals surface area contributed by atoms with Crippen LogP contribution in [-0.4, -0.2) is 21.1 Å². The summed E-state index contributed by atoms with van der Waals surface area (Å²) in [6.07, 6.45) is 3.78. The van der Waals surface area contributed by atoms with Crippen LogP contribution in [0.15, 0.2) is 0 Å². The summed E-state index contributed by atoms with van der Waals surface area (Å²) in [7, 11) is 0. The van der Waals surface area contributed by atoms with E-state index in [1.807, 2.05) is 11.6 Å². The monoisotopic (exact) mass is 179 g/mol.